The summed E-state index contributed by atoms with van der Waals surface area (Å²) >= 11 is 0. The fourth-order valence-corrected chi connectivity index (χ4v) is 3.44. The van der Waals surface area contributed by atoms with Crippen molar-refractivity contribution in [1.29, 1.82) is 0 Å². The molecule has 0 saturated heterocycles. The molecule has 3 nitrogen and oxygen atoms in total. The van der Waals surface area contributed by atoms with Crippen molar-refractivity contribution in [3.8, 4) is 0 Å². The van der Waals surface area contributed by atoms with E-state index < -0.39 is 0 Å². The molecular formula is C16H23N3. The van der Waals surface area contributed by atoms with E-state index in [1.54, 1.807) is 0 Å². The number of hydrogen-bond acceptors (Lipinski definition) is 2. The van der Waals surface area contributed by atoms with Gasteiger partial charge in [-0.2, -0.15) is 0 Å². The Labute approximate surface area is 114 Å². The summed E-state index contributed by atoms with van der Waals surface area (Å²) < 4.78 is 2.24. The Bertz CT molecular complexity index is 564. The summed E-state index contributed by atoms with van der Waals surface area (Å²) in [6, 6.07) is 8.36. The van der Waals surface area contributed by atoms with E-state index in [0.29, 0.717) is 0 Å². The van der Waals surface area contributed by atoms with Crippen LogP contribution in [0.25, 0.3) is 11.0 Å². The minimum Gasteiger partial charge on any atom is -0.331 e. The molecule has 19 heavy (non-hydrogen) atoms. The lowest BCUT2D eigenvalue weighted by Gasteiger charge is -2.36. The fraction of sp³-hybridized carbons (Fsp3) is 0.562. The van der Waals surface area contributed by atoms with Gasteiger partial charge in [-0.25, -0.2) is 4.98 Å². The lowest BCUT2D eigenvalue weighted by molar-refractivity contribution is 0.192. The Hall–Kier alpha value is -1.35. The quantitative estimate of drug-likeness (QED) is 0.918. The average Bonchev–Trinajstić information content (AvgIpc) is 2.77. The molecule has 1 aromatic heterocycles. The van der Waals surface area contributed by atoms with Gasteiger partial charge >= 0.3 is 0 Å². The van der Waals surface area contributed by atoms with Gasteiger partial charge in [0, 0.05) is 13.5 Å². The van der Waals surface area contributed by atoms with E-state index in [-0.39, 0.29) is 5.41 Å². The molecule has 1 aliphatic carbocycles. The number of imidazole rings is 1. The number of aromatic nitrogens is 2. The van der Waals surface area contributed by atoms with Gasteiger partial charge in [-0.05, 0) is 36.9 Å². The highest BCUT2D eigenvalue weighted by Crippen LogP contribution is 2.38. The molecule has 0 bridgehead atoms. The number of hydrogen-bond donors (Lipinski definition) is 1. The molecule has 0 amide bonds. The minimum atomic E-state index is 0.285. The van der Waals surface area contributed by atoms with Crippen LogP contribution in [-0.2, 0) is 13.5 Å². The zero-order valence-corrected chi connectivity index (χ0v) is 11.7. The van der Waals surface area contributed by atoms with Gasteiger partial charge < -0.3 is 10.3 Å². The molecule has 0 aliphatic heterocycles. The van der Waals surface area contributed by atoms with Gasteiger partial charge in [0.1, 0.15) is 5.82 Å². The van der Waals surface area contributed by atoms with Gasteiger partial charge in [0.2, 0.25) is 0 Å². The van der Waals surface area contributed by atoms with Gasteiger partial charge in [-0.3, -0.25) is 0 Å². The lowest BCUT2D eigenvalue weighted by atomic mass is 9.71. The van der Waals surface area contributed by atoms with Gasteiger partial charge in [-0.1, -0.05) is 31.4 Å². The maximum absolute atomic E-state index is 6.09. The summed E-state index contributed by atoms with van der Waals surface area (Å²) in [5.74, 6) is 1.19. The zero-order valence-electron chi connectivity index (χ0n) is 11.7. The Morgan fingerprint density at radius 2 is 1.95 bits per heavy atom. The first kappa shape index (κ1) is 12.7. The third kappa shape index (κ3) is 2.27. The Morgan fingerprint density at radius 1 is 1.21 bits per heavy atom. The van der Waals surface area contributed by atoms with Crippen molar-refractivity contribution in [2.45, 2.75) is 38.5 Å². The molecule has 0 spiro atoms. The third-order valence-corrected chi connectivity index (χ3v) is 4.76. The molecule has 1 heterocycles. The second-order valence-corrected chi connectivity index (χ2v) is 6.02. The number of para-hydroxylation sites is 2. The maximum Gasteiger partial charge on any atom is 0.110 e. The smallest absolute Gasteiger partial charge is 0.110 e. The predicted molar refractivity (Wildman–Crippen MR) is 79.0 cm³/mol. The van der Waals surface area contributed by atoms with E-state index >= 15 is 0 Å². The number of benzene rings is 1. The molecule has 2 aromatic rings. The first-order chi connectivity index (χ1) is 9.24. The zero-order chi connectivity index (χ0) is 13.3. The Kier molecular flexibility index (Phi) is 3.31. The van der Waals surface area contributed by atoms with Gasteiger partial charge in [-0.15, -0.1) is 0 Å². The van der Waals surface area contributed by atoms with Crippen LogP contribution in [0.4, 0.5) is 0 Å². The summed E-state index contributed by atoms with van der Waals surface area (Å²) in [6.45, 7) is 0.788. The van der Waals surface area contributed by atoms with Crippen LogP contribution >= 0.6 is 0 Å². The van der Waals surface area contributed by atoms with Crippen molar-refractivity contribution in [3.63, 3.8) is 0 Å². The van der Waals surface area contributed by atoms with E-state index in [0.717, 1.165) is 18.5 Å². The van der Waals surface area contributed by atoms with E-state index in [9.17, 15) is 0 Å². The lowest BCUT2D eigenvalue weighted by Crippen LogP contribution is -2.35. The number of nitrogens with two attached hydrogens (primary N) is 1. The second kappa shape index (κ2) is 4.97. The highest BCUT2D eigenvalue weighted by Gasteiger charge is 2.32. The van der Waals surface area contributed by atoms with Crippen LogP contribution in [0, 0.1) is 5.41 Å². The molecule has 1 fully saturated rings. The highest BCUT2D eigenvalue weighted by atomic mass is 15.1. The second-order valence-electron chi connectivity index (χ2n) is 6.02. The van der Waals surface area contributed by atoms with Crippen LogP contribution in [0.1, 0.15) is 37.9 Å². The van der Waals surface area contributed by atoms with Gasteiger partial charge in [0.25, 0.3) is 0 Å². The molecule has 1 aromatic carbocycles. The third-order valence-electron chi connectivity index (χ3n) is 4.76. The van der Waals surface area contributed by atoms with Crippen molar-refractivity contribution in [1.82, 2.24) is 9.55 Å². The van der Waals surface area contributed by atoms with Crippen LogP contribution in [-0.4, -0.2) is 16.1 Å². The van der Waals surface area contributed by atoms with Crippen molar-refractivity contribution in [2.75, 3.05) is 6.54 Å². The normalized spacial score (nSPS) is 18.8. The summed E-state index contributed by atoms with van der Waals surface area (Å²) in [6.07, 6.45) is 7.54. The van der Waals surface area contributed by atoms with E-state index in [4.69, 9.17) is 10.7 Å². The average molecular weight is 257 g/mol. The monoisotopic (exact) mass is 257 g/mol. The van der Waals surface area contributed by atoms with Gasteiger partial charge in [0.05, 0.1) is 11.0 Å². The van der Waals surface area contributed by atoms with Crippen LogP contribution in [0.3, 0.4) is 0 Å². The fourth-order valence-electron chi connectivity index (χ4n) is 3.44. The summed E-state index contributed by atoms with van der Waals surface area (Å²) in [7, 11) is 2.12. The molecule has 1 aliphatic rings. The molecule has 0 atom stereocenters. The number of aryl methyl sites for hydroxylation is 1. The Balaban J connectivity index is 1.93. The first-order valence-electron chi connectivity index (χ1n) is 7.35. The maximum atomic E-state index is 6.09. The van der Waals surface area contributed by atoms with Crippen LogP contribution in [0.15, 0.2) is 24.3 Å². The number of nitrogens with zero attached hydrogens (tertiary/aromatic N) is 2. The molecular weight excluding hydrogens is 234 g/mol. The van der Waals surface area contributed by atoms with E-state index in [1.807, 2.05) is 0 Å². The predicted octanol–water partition coefficient (Wildman–Crippen LogP) is 3.03. The van der Waals surface area contributed by atoms with Crippen LogP contribution < -0.4 is 5.73 Å². The van der Waals surface area contributed by atoms with E-state index in [2.05, 4.69) is 35.9 Å². The molecule has 0 radical (unpaired) electrons. The molecule has 102 valence electrons. The van der Waals surface area contributed by atoms with Crippen molar-refractivity contribution in [2.24, 2.45) is 18.2 Å². The highest BCUT2D eigenvalue weighted by molar-refractivity contribution is 5.75. The van der Waals surface area contributed by atoms with Gasteiger partial charge in [0.15, 0.2) is 0 Å². The number of rotatable bonds is 3. The summed E-state index contributed by atoms with van der Waals surface area (Å²) in [5, 5.41) is 0. The standard InChI is InChI=1S/C16H23N3/c1-19-14-8-4-3-7-13(14)18-15(19)11-16(12-17)9-5-2-6-10-16/h3-4,7-8H,2,5-6,9-12,17H2,1H3. The molecule has 3 rings (SSSR count). The first-order valence-corrected chi connectivity index (χ1v) is 7.35. The number of fused-ring (bicyclic) bond motifs is 1. The summed E-state index contributed by atoms with van der Waals surface area (Å²) in [4.78, 5) is 4.81. The SMILES string of the molecule is Cn1c(CC2(CN)CCCCC2)nc2ccccc21. The van der Waals surface area contributed by atoms with E-state index in [1.165, 1.54) is 43.4 Å². The summed E-state index contributed by atoms with van der Waals surface area (Å²) in [5.41, 5.74) is 8.70. The van der Waals surface area contributed by atoms with Crippen LogP contribution in [0.5, 0.6) is 0 Å². The largest absolute Gasteiger partial charge is 0.331 e. The van der Waals surface area contributed by atoms with Crippen molar-refractivity contribution in [3.05, 3.63) is 30.1 Å². The topological polar surface area (TPSA) is 43.8 Å². The molecule has 0 unspecified atom stereocenters. The Morgan fingerprint density at radius 3 is 2.63 bits per heavy atom. The molecule has 1 saturated carbocycles. The molecule has 2 N–H and O–H groups in total. The molecule has 3 heteroatoms. The minimum absolute atomic E-state index is 0.285. The van der Waals surface area contributed by atoms with Crippen molar-refractivity contribution >= 4 is 11.0 Å². The van der Waals surface area contributed by atoms with Crippen molar-refractivity contribution < 1.29 is 0 Å². The van der Waals surface area contributed by atoms with Crippen LogP contribution in [0.2, 0.25) is 0 Å².